The Kier molecular flexibility index (Phi) is 1.64. The van der Waals surface area contributed by atoms with E-state index in [0.717, 1.165) is 6.42 Å². The van der Waals surface area contributed by atoms with Gasteiger partial charge in [-0.05, 0) is 12.5 Å². The lowest BCUT2D eigenvalue weighted by Gasteiger charge is -2.15. The number of nitrogens with zero attached hydrogens (tertiary/aromatic N) is 1. The second-order valence-electron chi connectivity index (χ2n) is 3.07. The number of methoxy groups -OCH3 is 1. The maximum absolute atomic E-state index is 11.2. The predicted molar refractivity (Wildman–Crippen MR) is 44.4 cm³/mol. The summed E-state index contributed by atoms with van der Waals surface area (Å²) in [6.45, 7) is 0. The van der Waals surface area contributed by atoms with E-state index in [9.17, 15) is 4.79 Å². The van der Waals surface area contributed by atoms with E-state index >= 15 is 0 Å². The molecule has 2 atom stereocenters. The molecule has 0 radical (unpaired) electrons. The highest BCUT2D eigenvalue weighted by Crippen LogP contribution is 2.38. The van der Waals surface area contributed by atoms with Crippen LogP contribution in [0.1, 0.15) is 6.42 Å². The van der Waals surface area contributed by atoms with E-state index in [1.165, 1.54) is 7.11 Å². The van der Waals surface area contributed by atoms with Gasteiger partial charge in [0.15, 0.2) is 0 Å². The molecular weight excluding hydrogens is 154 g/mol. The minimum Gasteiger partial charge on any atom is -0.452 e. The molecule has 1 aliphatic carbocycles. The summed E-state index contributed by atoms with van der Waals surface area (Å²) < 4.78 is 4.65. The van der Waals surface area contributed by atoms with Crippen LogP contribution in [0.15, 0.2) is 24.4 Å². The standard InChI is InChI=1S/C9H11NO2/c1-12-9(11)10-5-3-2-4-7-6-8(7)10/h2-5,7-8H,6H2,1H3. The number of allylic oxidation sites excluding steroid dienone is 2. The first-order valence-corrected chi connectivity index (χ1v) is 4.04. The maximum Gasteiger partial charge on any atom is 0.413 e. The van der Waals surface area contributed by atoms with Crippen LogP contribution in [-0.2, 0) is 4.74 Å². The first-order valence-electron chi connectivity index (χ1n) is 4.04. The summed E-state index contributed by atoms with van der Waals surface area (Å²) in [4.78, 5) is 12.8. The van der Waals surface area contributed by atoms with E-state index in [-0.39, 0.29) is 6.09 Å². The molecule has 0 saturated heterocycles. The van der Waals surface area contributed by atoms with Gasteiger partial charge in [-0.3, -0.25) is 4.90 Å². The SMILES string of the molecule is COC(=O)N1C=CC=CC2CC21. The quantitative estimate of drug-likeness (QED) is 0.544. The van der Waals surface area contributed by atoms with E-state index in [4.69, 9.17) is 0 Å². The van der Waals surface area contributed by atoms with Crippen molar-refractivity contribution in [2.75, 3.05) is 7.11 Å². The monoisotopic (exact) mass is 165 g/mol. The Bertz CT molecular complexity index is 257. The molecule has 0 aromatic rings. The fourth-order valence-corrected chi connectivity index (χ4v) is 1.49. The first-order chi connectivity index (χ1) is 5.83. The predicted octanol–water partition coefficient (Wildman–Crippen LogP) is 1.53. The van der Waals surface area contributed by atoms with Crippen molar-refractivity contribution in [3.8, 4) is 0 Å². The highest BCUT2D eigenvalue weighted by atomic mass is 16.5. The molecule has 1 fully saturated rings. The van der Waals surface area contributed by atoms with Crippen molar-refractivity contribution in [1.82, 2.24) is 4.90 Å². The zero-order chi connectivity index (χ0) is 8.55. The summed E-state index contributed by atoms with van der Waals surface area (Å²) in [6, 6.07) is 0.340. The summed E-state index contributed by atoms with van der Waals surface area (Å²) in [5.74, 6) is 0.541. The Morgan fingerprint density at radius 2 is 2.42 bits per heavy atom. The summed E-state index contributed by atoms with van der Waals surface area (Å²) in [5.41, 5.74) is 0. The number of hydrogen-bond donors (Lipinski definition) is 0. The first kappa shape index (κ1) is 7.40. The Morgan fingerprint density at radius 3 is 3.17 bits per heavy atom. The van der Waals surface area contributed by atoms with Gasteiger partial charge in [-0.2, -0.15) is 0 Å². The van der Waals surface area contributed by atoms with Crippen LogP contribution >= 0.6 is 0 Å². The summed E-state index contributed by atoms with van der Waals surface area (Å²) in [5, 5.41) is 0. The van der Waals surface area contributed by atoms with Crippen molar-refractivity contribution in [3.63, 3.8) is 0 Å². The third-order valence-corrected chi connectivity index (χ3v) is 2.26. The molecule has 0 aromatic heterocycles. The Morgan fingerprint density at radius 1 is 1.58 bits per heavy atom. The highest BCUT2D eigenvalue weighted by Gasteiger charge is 2.42. The maximum atomic E-state index is 11.2. The average Bonchev–Trinajstić information content (AvgIpc) is 2.80. The molecule has 1 heterocycles. The van der Waals surface area contributed by atoms with Gasteiger partial charge in [0.2, 0.25) is 0 Å². The Labute approximate surface area is 71.3 Å². The van der Waals surface area contributed by atoms with Crippen LogP contribution in [0.4, 0.5) is 4.79 Å². The zero-order valence-electron chi connectivity index (χ0n) is 6.93. The number of ether oxygens (including phenoxy) is 1. The molecule has 3 nitrogen and oxygen atoms in total. The molecule has 2 unspecified atom stereocenters. The molecule has 1 saturated carbocycles. The van der Waals surface area contributed by atoms with Crippen molar-refractivity contribution in [2.45, 2.75) is 12.5 Å². The number of carbonyl (C=O) groups excluding carboxylic acids is 1. The number of rotatable bonds is 0. The number of fused-ring (bicyclic) bond motifs is 1. The fraction of sp³-hybridized carbons (Fsp3) is 0.444. The van der Waals surface area contributed by atoms with E-state index < -0.39 is 0 Å². The van der Waals surface area contributed by atoms with Crippen molar-refractivity contribution in [1.29, 1.82) is 0 Å². The van der Waals surface area contributed by atoms with E-state index in [0.29, 0.717) is 12.0 Å². The van der Waals surface area contributed by atoms with Crippen LogP contribution < -0.4 is 0 Å². The molecular formula is C9H11NO2. The van der Waals surface area contributed by atoms with E-state index in [1.807, 2.05) is 12.2 Å². The summed E-state index contributed by atoms with van der Waals surface area (Å²) in [6.07, 6.45) is 8.55. The van der Waals surface area contributed by atoms with Gasteiger partial charge in [-0.15, -0.1) is 0 Å². The molecule has 1 aliphatic heterocycles. The minimum atomic E-state index is -0.262. The molecule has 0 N–H and O–H groups in total. The molecule has 3 heteroatoms. The molecule has 2 aliphatic rings. The average molecular weight is 165 g/mol. The lowest BCUT2D eigenvalue weighted by atomic mass is 10.3. The van der Waals surface area contributed by atoms with Crippen molar-refractivity contribution >= 4 is 6.09 Å². The van der Waals surface area contributed by atoms with Gasteiger partial charge in [0, 0.05) is 18.2 Å². The van der Waals surface area contributed by atoms with E-state index in [1.54, 1.807) is 11.1 Å². The second-order valence-corrected chi connectivity index (χ2v) is 3.07. The van der Waals surface area contributed by atoms with Crippen LogP contribution in [0, 0.1) is 5.92 Å². The fourth-order valence-electron chi connectivity index (χ4n) is 1.49. The van der Waals surface area contributed by atoms with Crippen LogP contribution in [0.5, 0.6) is 0 Å². The zero-order valence-corrected chi connectivity index (χ0v) is 6.93. The molecule has 0 aromatic carbocycles. The van der Waals surface area contributed by atoms with Crippen molar-refractivity contribution in [2.24, 2.45) is 5.92 Å². The number of carbonyl (C=O) groups is 1. The third-order valence-electron chi connectivity index (χ3n) is 2.26. The number of hydrogen-bond acceptors (Lipinski definition) is 2. The summed E-state index contributed by atoms with van der Waals surface area (Å²) >= 11 is 0. The van der Waals surface area contributed by atoms with Gasteiger partial charge in [-0.25, -0.2) is 4.79 Å². The smallest absolute Gasteiger partial charge is 0.413 e. The topological polar surface area (TPSA) is 29.5 Å². The lowest BCUT2D eigenvalue weighted by Crippen LogP contribution is -2.28. The highest BCUT2D eigenvalue weighted by molar-refractivity contribution is 5.70. The van der Waals surface area contributed by atoms with Gasteiger partial charge in [-0.1, -0.05) is 12.2 Å². The largest absolute Gasteiger partial charge is 0.452 e. The third kappa shape index (κ3) is 1.11. The molecule has 2 rings (SSSR count). The molecule has 1 amide bonds. The Balaban J connectivity index is 2.11. The van der Waals surface area contributed by atoms with Gasteiger partial charge < -0.3 is 4.74 Å². The molecule has 12 heavy (non-hydrogen) atoms. The number of amides is 1. The molecule has 0 bridgehead atoms. The summed E-state index contributed by atoms with van der Waals surface area (Å²) in [7, 11) is 1.41. The molecule has 64 valence electrons. The van der Waals surface area contributed by atoms with Gasteiger partial charge in [0.25, 0.3) is 0 Å². The van der Waals surface area contributed by atoms with Gasteiger partial charge >= 0.3 is 6.09 Å². The van der Waals surface area contributed by atoms with Crippen LogP contribution in [0.2, 0.25) is 0 Å². The van der Waals surface area contributed by atoms with Crippen LogP contribution in [0.25, 0.3) is 0 Å². The van der Waals surface area contributed by atoms with Crippen molar-refractivity contribution in [3.05, 3.63) is 24.4 Å². The Hall–Kier alpha value is -1.25. The normalized spacial score (nSPS) is 30.9. The van der Waals surface area contributed by atoms with Gasteiger partial charge in [0.05, 0.1) is 7.11 Å². The van der Waals surface area contributed by atoms with E-state index in [2.05, 4.69) is 10.8 Å². The molecule has 0 spiro atoms. The van der Waals surface area contributed by atoms with Crippen molar-refractivity contribution < 1.29 is 9.53 Å². The minimum absolute atomic E-state index is 0.262. The second kappa shape index (κ2) is 2.66. The van der Waals surface area contributed by atoms with Crippen LogP contribution in [-0.4, -0.2) is 24.1 Å². The van der Waals surface area contributed by atoms with Crippen LogP contribution in [0.3, 0.4) is 0 Å². The lowest BCUT2D eigenvalue weighted by molar-refractivity contribution is 0.137. The van der Waals surface area contributed by atoms with Gasteiger partial charge in [0.1, 0.15) is 0 Å².